The minimum absolute atomic E-state index is 0. The van der Waals surface area contributed by atoms with Crippen molar-refractivity contribution in [3.8, 4) is 55.9 Å². The first-order chi connectivity index (χ1) is 34.1. The first-order valence-electron chi connectivity index (χ1n) is 24.7. The van der Waals surface area contributed by atoms with E-state index < -0.39 is 8.07 Å². The van der Waals surface area contributed by atoms with Gasteiger partial charge in [0.25, 0.3) is 0 Å². The number of thiophene rings is 1. The van der Waals surface area contributed by atoms with Crippen LogP contribution in [0.4, 0.5) is 0 Å². The quantitative estimate of drug-likeness (QED) is 0.0844. The summed E-state index contributed by atoms with van der Waals surface area (Å²) in [5.74, 6) is 1.10. The summed E-state index contributed by atoms with van der Waals surface area (Å²) in [6.07, 6.45) is 4.42. The minimum Gasteiger partial charge on any atom is -0.455 e. The summed E-state index contributed by atoms with van der Waals surface area (Å²) in [5.41, 5.74) is 19.5. The van der Waals surface area contributed by atoms with Gasteiger partial charge in [0.1, 0.15) is 11.2 Å². The molecule has 4 aromatic heterocycles. The van der Waals surface area contributed by atoms with Crippen LogP contribution >= 0.6 is 11.3 Å². The van der Waals surface area contributed by atoms with Crippen LogP contribution in [0, 0.1) is 47.7 Å². The molecule has 1 atom stereocenters. The fourth-order valence-electron chi connectivity index (χ4n) is 10.3. The van der Waals surface area contributed by atoms with Crippen molar-refractivity contribution in [1.82, 2.24) is 0 Å². The van der Waals surface area contributed by atoms with Crippen molar-refractivity contribution >= 4 is 66.7 Å². The monoisotopic (exact) mass is 1150 g/mol. The van der Waals surface area contributed by atoms with Gasteiger partial charge in [0.15, 0.2) is 0 Å². The summed E-state index contributed by atoms with van der Waals surface area (Å²) in [4.78, 5) is 0. The second-order valence-electron chi connectivity index (χ2n) is 20.6. The van der Waals surface area contributed by atoms with E-state index in [1.807, 2.05) is 34.1 Å². The molecule has 0 fully saturated rings. The molecule has 1 unspecified atom stereocenters. The Bertz CT molecular complexity index is 3810. The Morgan fingerprint density at radius 3 is 1.86 bits per heavy atom. The van der Waals surface area contributed by atoms with E-state index in [0.717, 1.165) is 61.1 Å². The average molecular weight is 1150 g/mol. The molecule has 4 heterocycles. The Hall–Kier alpha value is -6.79. The van der Waals surface area contributed by atoms with Gasteiger partial charge in [-0.2, -0.15) is 37.1 Å². The number of rotatable bonds is 8. The van der Waals surface area contributed by atoms with Crippen molar-refractivity contribution in [2.45, 2.75) is 60.2 Å². The standard InChI is InChI=1S/C38H26NOS.C28H36NSi.Ir/c1-23-16-18-30-31-21-26(27-13-9-14-29-28-12-7-8-15-34(28)40-37(27)29)17-19-35(31)41-38(30)36(23)33-20-24(2)32(22-39(33)3)25-10-5-4-6-11-25;1-19(2)22(5)26-17-27(29(6)18-28(26)30(7,8)9)25-16-20(3)24(15-21(25)4)23-13-11-10-12-14-23;/h4-22H,1,3H2,2H3;10-19,22H,4,6H2,1-3,5,7-9H3;/q2*-1;. The van der Waals surface area contributed by atoms with Crippen LogP contribution in [0.2, 0.25) is 19.6 Å². The topological polar surface area (TPSA) is 20.9 Å². The fraction of sp³-hybridized carbons (Fsp3) is 0.152. The zero-order valence-corrected chi connectivity index (χ0v) is 46.9. The number of nitrogens with zero attached hydrogens (tertiary/aromatic N) is 2. The van der Waals surface area contributed by atoms with Gasteiger partial charge in [0, 0.05) is 55.2 Å². The average Bonchev–Trinajstić information content (AvgIpc) is 3.94. The molecular formula is C66H62IrN2OSSi-2. The van der Waals surface area contributed by atoms with Gasteiger partial charge in [0.2, 0.25) is 0 Å². The number of aryl methyl sites for hydroxylation is 2. The maximum atomic E-state index is 6.36. The molecule has 0 amide bonds. The van der Waals surface area contributed by atoms with Crippen molar-refractivity contribution in [2.75, 3.05) is 0 Å². The van der Waals surface area contributed by atoms with Gasteiger partial charge in [0.05, 0.1) is 31.9 Å². The molecule has 0 aliphatic carbocycles. The maximum absolute atomic E-state index is 6.36. The van der Waals surface area contributed by atoms with Crippen molar-refractivity contribution in [2.24, 2.45) is 5.92 Å². The summed E-state index contributed by atoms with van der Waals surface area (Å²) >= 11 is 1.82. The molecule has 1 radical (unpaired) electrons. The third-order valence-corrected chi connectivity index (χ3v) is 17.7. The first-order valence-corrected chi connectivity index (χ1v) is 29.0. The third-order valence-electron chi connectivity index (χ3n) is 14.5. The second kappa shape index (κ2) is 20.0. The van der Waals surface area contributed by atoms with E-state index in [0.29, 0.717) is 11.8 Å². The van der Waals surface area contributed by atoms with E-state index in [1.165, 1.54) is 69.9 Å². The SMILES string of the molecule is [CH2-]c1cc(-c2ccccc2)c(C)cc1-c1cc(C(C)C(C)C)c([Si](C)(C)C)c[n+]1[CH2-].[CH2-]c1ccc2c(sc3ccc(-c4cccc5c4oc4ccccc45)cc32)c1-c1cc(C)c(-c2ccccc2)c[n+]1[CH2-].[Ir]. The zero-order chi connectivity index (χ0) is 49.9. The van der Waals surface area contributed by atoms with E-state index in [-0.39, 0.29) is 20.1 Å². The molecule has 3 nitrogen and oxygen atoms in total. The van der Waals surface area contributed by atoms with Crippen LogP contribution in [0.15, 0.2) is 175 Å². The summed E-state index contributed by atoms with van der Waals surface area (Å²) < 4.78 is 12.9. The number of para-hydroxylation sites is 2. The zero-order valence-electron chi connectivity index (χ0n) is 42.7. The number of hydrogen-bond acceptors (Lipinski definition) is 2. The molecule has 0 spiro atoms. The molecule has 11 rings (SSSR count). The Morgan fingerprint density at radius 1 is 0.528 bits per heavy atom. The number of furan rings is 1. The van der Waals surface area contributed by atoms with E-state index in [9.17, 15) is 0 Å². The van der Waals surface area contributed by atoms with Gasteiger partial charge in [-0.25, -0.2) is 0 Å². The number of aromatic nitrogens is 2. The molecule has 0 bridgehead atoms. The molecule has 6 heteroatoms. The Morgan fingerprint density at radius 2 is 1.17 bits per heavy atom. The molecule has 7 aromatic carbocycles. The Kier molecular flexibility index (Phi) is 13.9. The molecule has 72 heavy (non-hydrogen) atoms. The van der Waals surface area contributed by atoms with Crippen molar-refractivity contribution in [3.05, 3.63) is 226 Å². The predicted molar refractivity (Wildman–Crippen MR) is 307 cm³/mol. The van der Waals surface area contributed by atoms with E-state index in [4.69, 9.17) is 4.42 Å². The van der Waals surface area contributed by atoms with Crippen LogP contribution in [-0.4, -0.2) is 8.07 Å². The van der Waals surface area contributed by atoms with Gasteiger partial charge in [-0.15, -0.1) is 29.0 Å². The van der Waals surface area contributed by atoms with Crippen LogP contribution in [0.3, 0.4) is 0 Å². The fourth-order valence-corrected chi connectivity index (χ4v) is 13.2. The summed E-state index contributed by atoms with van der Waals surface area (Å²) in [5, 5.41) is 6.27. The van der Waals surface area contributed by atoms with Crippen LogP contribution in [0.5, 0.6) is 0 Å². The smallest absolute Gasteiger partial charge is 0.143 e. The molecule has 0 saturated heterocycles. The van der Waals surface area contributed by atoms with Crippen molar-refractivity contribution in [1.29, 1.82) is 0 Å². The Balaban J connectivity index is 0.000000185. The molecule has 0 N–H and O–H groups in total. The largest absolute Gasteiger partial charge is 0.455 e. The van der Waals surface area contributed by atoms with Gasteiger partial charge in [-0.05, 0) is 86.8 Å². The van der Waals surface area contributed by atoms with Gasteiger partial charge in [-0.1, -0.05) is 183 Å². The molecule has 0 aliphatic rings. The molecule has 0 saturated carbocycles. The molecule has 0 aliphatic heterocycles. The van der Waals surface area contributed by atoms with E-state index in [1.54, 1.807) is 0 Å². The summed E-state index contributed by atoms with van der Waals surface area (Å²) in [6.45, 7) is 27.5. The predicted octanol–water partition coefficient (Wildman–Crippen LogP) is 17.1. The van der Waals surface area contributed by atoms with Crippen LogP contribution in [-0.2, 0) is 20.1 Å². The van der Waals surface area contributed by atoms with Gasteiger partial charge >= 0.3 is 0 Å². The summed E-state index contributed by atoms with van der Waals surface area (Å²) in [6, 6.07) is 56.0. The molecule has 11 aromatic rings. The normalized spacial score (nSPS) is 12.1. The first kappa shape index (κ1) is 50.2. The number of pyridine rings is 2. The van der Waals surface area contributed by atoms with Crippen LogP contribution in [0.1, 0.15) is 54.5 Å². The second-order valence-corrected chi connectivity index (χ2v) is 26.7. The van der Waals surface area contributed by atoms with Gasteiger partial charge < -0.3 is 13.6 Å². The number of hydrogen-bond donors (Lipinski definition) is 0. The van der Waals surface area contributed by atoms with Crippen LogP contribution < -0.4 is 14.3 Å². The number of benzene rings is 7. The van der Waals surface area contributed by atoms with E-state index in [2.05, 4.69) is 239 Å². The molecular weight excluding hydrogens is 1090 g/mol. The number of fused-ring (bicyclic) bond motifs is 6. The van der Waals surface area contributed by atoms with E-state index >= 15 is 0 Å². The van der Waals surface area contributed by atoms with Crippen molar-refractivity contribution in [3.63, 3.8) is 0 Å². The van der Waals surface area contributed by atoms with Crippen molar-refractivity contribution < 1.29 is 33.7 Å². The summed E-state index contributed by atoms with van der Waals surface area (Å²) in [7, 11) is 7.29. The Labute approximate surface area is 445 Å². The maximum Gasteiger partial charge on any atom is 0.143 e. The van der Waals surface area contributed by atoms with Gasteiger partial charge in [-0.3, -0.25) is 0 Å². The minimum atomic E-state index is -1.50. The van der Waals surface area contributed by atoms with Crippen LogP contribution in [0.25, 0.3) is 98.0 Å². The molecule has 363 valence electrons. The third kappa shape index (κ3) is 9.30.